The number of ether oxygens (including phenoxy) is 1. The van der Waals surface area contributed by atoms with Crippen molar-refractivity contribution in [3.63, 3.8) is 0 Å². The molecule has 0 heterocycles. The Morgan fingerprint density at radius 1 is 1.35 bits per heavy atom. The van der Waals surface area contributed by atoms with Crippen LogP contribution in [0, 0.1) is 6.92 Å². The molecule has 112 valence electrons. The van der Waals surface area contributed by atoms with Gasteiger partial charge < -0.3 is 20.5 Å². The largest absolute Gasteiger partial charge is 0.387 e. The predicted molar refractivity (Wildman–Crippen MR) is 78.6 cm³/mol. The summed E-state index contributed by atoms with van der Waals surface area (Å²) in [6.07, 6.45) is -0.711. The van der Waals surface area contributed by atoms with Crippen LogP contribution in [0.25, 0.3) is 0 Å². The van der Waals surface area contributed by atoms with Crippen LogP contribution in [0.5, 0.6) is 0 Å². The summed E-state index contributed by atoms with van der Waals surface area (Å²) in [5, 5.41) is 15.4. The second kappa shape index (κ2) is 7.26. The summed E-state index contributed by atoms with van der Waals surface area (Å²) in [6, 6.07) is 7.25. The van der Waals surface area contributed by atoms with Gasteiger partial charge in [0.15, 0.2) is 0 Å². The van der Waals surface area contributed by atoms with Gasteiger partial charge in [-0.1, -0.05) is 24.3 Å². The summed E-state index contributed by atoms with van der Waals surface area (Å²) >= 11 is 0. The first-order valence-electron chi connectivity index (χ1n) is 6.66. The second-order valence-corrected chi connectivity index (χ2v) is 5.40. The van der Waals surface area contributed by atoms with Gasteiger partial charge >= 0.3 is 6.03 Å². The second-order valence-electron chi connectivity index (χ2n) is 5.40. The van der Waals surface area contributed by atoms with Crippen molar-refractivity contribution < 1.29 is 14.6 Å². The first kappa shape index (κ1) is 16.5. The van der Waals surface area contributed by atoms with Crippen molar-refractivity contribution in [3.05, 3.63) is 35.4 Å². The number of nitrogens with one attached hydrogen (secondary N) is 2. The molecule has 1 unspecified atom stereocenters. The molecule has 0 aliphatic rings. The molecule has 0 bridgehead atoms. The number of benzene rings is 1. The average molecular weight is 280 g/mol. The highest BCUT2D eigenvalue weighted by Gasteiger charge is 2.17. The van der Waals surface area contributed by atoms with E-state index >= 15 is 0 Å². The van der Waals surface area contributed by atoms with Gasteiger partial charge in [-0.05, 0) is 31.9 Å². The number of hydrogen-bond donors (Lipinski definition) is 3. The summed E-state index contributed by atoms with van der Waals surface area (Å²) < 4.78 is 5.21. The molecule has 1 aromatic rings. The van der Waals surface area contributed by atoms with Crippen molar-refractivity contribution in [1.29, 1.82) is 0 Å². The zero-order valence-electron chi connectivity index (χ0n) is 12.6. The van der Waals surface area contributed by atoms with Crippen molar-refractivity contribution in [2.24, 2.45) is 0 Å². The summed E-state index contributed by atoms with van der Waals surface area (Å²) in [6.45, 7) is 6.27. The molecule has 0 aromatic heterocycles. The molecule has 5 nitrogen and oxygen atoms in total. The number of carbonyl (C=O) groups excluding carboxylic acids is 1. The molecule has 0 fully saturated rings. The topological polar surface area (TPSA) is 70.6 Å². The van der Waals surface area contributed by atoms with Gasteiger partial charge in [0.1, 0.15) is 0 Å². The van der Waals surface area contributed by atoms with Gasteiger partial charge in [-0.3, -0.25) is 0 Å². The number of urea groups is 1. The third-order valence-corrected chi connectivity index (χ3v) is 3.23. The standard InChI is InChI=1S/C15H24N2O3/c1-11-7-5-6-8-12(11)13(18)9-16-14(19)17-10-15(2,3)20-4/h5-8,13,18H,9-10H2,1-4H3,(H2,16,17,19). The zero-order chi connectivity index (χ0) is 15.2. The van der Waals surface area contributed by atoms with E-state index < -0.39 is 11.7 Å². The van der Waals surface area contributed by atoms with Crippen LogP contribution >= 0.6 is 0 Å². The van der Waals surface area contributed by atoms with Crippen LogP contribution in [0.2, 0.25) is 0 Å². The number of aliphatic hydroxyl groups excluding tert-OH is 1. The maximum atomic E-state index is 11.6. The molecule has 5 heteroatoms. The van der Waals surface area contributed by atoms with Crippen molar-refractivity contribution in [1.82, 2.24) is 10.6 Å². The molecule has 0 saturated carbocycles. The van der Waals surface area contributed by atoms with Crippen molar-refractivity contribution >= 4 is 6.03 Å². The Hall–Kier alpha value is -1.59. The van der Waals surface area contributed by atoms with Gasteiger partial charge in [-0.25, -0.2) is 4.79 Å². The smallest absolute Gasteiger partial charge is 0.314 e. The number of hydrogen-bond acceptors (Lipinski definition) is 3. The number of methoxy groups -OCH3 is 1. The van der Waals surface area contributed by atoms with E-state index in [0.29, 0.717) is 6.54 Å². The maximum Gasteiger partial charge on any atom is 0.314 e. The normalized spacial score (nSPS) is 12.8. The maximum absolute atomic E-state index is 11.6. The van der Waals surface area contributed by atoms with E-state index in [4.69, 9.17) is 4.74 Å². The van der Waals surface area contributed by atoms with Gasteiger partial charge in [0.05, 0.1) is 11.7 Å². The van der Waals surface area contributed by atoms with Gasteiger partial charge in [-0.15, -0.1) is 0 Å². The molecule has 3 N–H and O–H groups in total. The molecule has 20 heavy (non-hydrogen) atoms. The number of carbonyl (C=O) groups is 1. The number of aliphatic hydroxyl groups is 1. The molecule has 2 amide bonds. The van der Waals surface area contributed by atoms with Crippen molar-refractivity contribution in [3.8, 4) is 0 Å². The molecule has 1 atom stereocenters. The van der Waals surface area contributed by atoms with Crippen molar-refractivity contribution in [2.75, 3.05) is 20.2 Å². The summed E-state index contributed by atoms with van der Waals surface area (Å²) in [4.78, 5) is 11.6. The fourth-order valence-electron chi connectivity index (χ4n) is 1.69. The Labute approximate surface area is 120 Å². The number of rotatable bonds is 6. The summed E-state index contributed by atoms with van der Waals surface area (Å²) in [5.41, 5.74) is 1.42. The van der Waals surface area contributed by atoms with Crippen molar-refractivity contribution in [2.45, 2.75) is 32.5 Å². The molecule has 0 spiro atoms. The number of aryl methyl sites for hydroxylation is 1. The molecule has 0 aliphatic heterocycles. The van der Waals surface area contributed by atoms with E-state index in [1.807, 2.05) is 45.0 Å². The third-order valence-electron chi connectivity index (χ3n) is 3.23. The zero-order valence-corrected chi connectivity index (χ0v) is 12.6. The molecule has 0 radical (unpaired) electrons. The fourth-order valence-corrected chi connectivity index (χ4v) is 1.69. The fraction of sp³-hybridized carbons (Fsp3) is 0.533. The van der Waals surface area contributed by atoms with Crippen LogP contribution in [0.1, 0.15) is 31.1 Å². The minimum absolute atomic E-state index is 0.171. The van der Waals surface area contributed by atoms with E-state index in [1.54, 1.807) is 7.11 Å². The predicted octanol–water partition coefficient (Wildman–Crippen LogP) is 1.75. The Morgan fingerprint density at radius 3 is 2.60 bits per heavy atom. The lowest BCUT2D eigenvalue weighted by molar-refractivity contribution is 0.0253. The Morgan fingerprint density at radius 2 is 2.00 bits per heavy atom. The Bertz CT molecular complexity index is 446. The summed E-state index contributed by atoms with van der Waals surface area (Å²) in [7, 11) is 1.60. The first-order valence-corrected chi connectivity index (χ1v) is 6.66. The van der Waals surface area contributed by atoms with Crippen LogP contribution in [-0.4, -0.2) is 36.9 Å². The van der Waals surface area contributed by atoms with Crippen LogP contribution in [0.4, 0.5) is 4.79 Å². The van der Waals surface area contributed by atoms with Crippen LogP contribution in [0.3, 0.4) is 0 Å². The van der Waals surface area contributed by atoms with E-state index in [0.717, 1.165) is 11.1 Å². The molecular weight excluding hydrogens is 256 g/mol. The van der Waals surface area contributed by atoms with Crippen LogP contribution in [-0.2, 0) is 4.74 Å². The Kier molecular flexibility index (Phi) is 5.98. The third kappa shape index (κ3) is 5.19. The van der Waals surface area contributed by atoms with E-state index in [-0.39, 0.29) is 12.6 Å². The highest BCUT2D eigenvalue weighted by Crippen LogP contribution is 2.16. The SMILES string of the molecule is COC(C)(C)CNC(=O)NCC(O)c1ccccc1C. The quantitative estimate of drug-likeness (QED) is 0.743. The minimum atomic E-state index is -0.711. The lowest BCUT2D eigenvalue weighted by Gasteiger charge is -2.23. The Balaban J connectivity index is 2.40. The highest BCUT2D eigenvalue weighted by molar-refractivity contribution is 5.73. The molecule has 1 rings (SSSR count). The monoisotopic (exact) mass is 280 g/mol. The van der Waals surface area contributed by atoms with Gasteiger partial charge in [0.25, 0.3) is 0 Å². The van der Waals surface area contributed by atoms with E-state index in [1.165, 1.54) is 0 Å². The van der Waals surface area contributed by atoms with Gasteiger partial charge in [0.2, 0.25) is 0 Å². The molecular formula is C15H24N2O3. The minimum Gasteiger partial charge on any atom is -0.387 e. The number of amides is 2. The lowest BCUT2D eigenvalue weighted by Crippen LogP contribution is -2.45. The average Bonchev–Trinajstić information content (AvgIpc) is 2.43. The molecule has 1 aromatic carbocycles. The molecule has 0 aliphatic carbocycles. The lowest BCUT2D eigenvalue weighted by atomic mass is 10.0. The van der Waals surface area contributed by atoms with Crippen LogP contribution < -0.4 is 10.6 Å². The highest BCUT2D eigenvalue weighted by atomic mass is 16.5. The van der Waals surface area contributed by atoms with Crippen LogP contribution in [0.15, 0.2) is 24.3 Å². The summed E-state index contributed by atoms with van der Waals surface area (Å²) in [5.74, 6) is 0. The van der Waals surface area contributed by atoms with E-state index in [2.05, 4.69) is 10.6 Å². The molecule has 0 saturated heterocycles. The van der Waals surface area contributed by atoms with E-state index in [9.17, 15) is 9.90 Å². The van der Waals surface area contributed by atoms with Gasteiger partial charge in [-0.2, -0.15) is 0 Å². The first-order chi connectivity index (χ1) is 9.35. The van der Waals surface area contributed by atoms with Gasteiger partial charge in [0, 0.05) is 20.2 Å².